The number of ketones is 1. The fourth-order valence-corrected chi connectivity index (χ4v) is 9.77. The number of hydrogen-bond donors (Lipinski definition) is 0. The Morgan fingerprint density at radius 2 is 1.47 bits per heavy atom. The van der Waals surface area contributed by atoms with Crippen molar-refractivity contribution in [3.8, 4) is 0 Å². The van der Waals surface area contributed by atoms with Gasteiger partial charge in [-0.15, -0.1) is 0 Å². The molecule has 2 aromatic carbocycles. The van der Waals surface area contributed by atoms with E-state index in [0.717, 1.165) is 52.4 Å². The minimum Gasteiger partial charge on any atom is -0.744 e. The monoisotopic (exact) mass is 907 g/mol. The highest BCUT2D eigenvalue weighted by atomic mass is 32.2. The highest BCUT2D eigenvalue weighted by Crippen LogP contribution is 2.48. The summed E-state index contributed by atoms with van der Waals surface area (Å²) in [5, 5.41) is 27.4. The summed E-state index contributed by atoms with van der Waals surface area (Å²) in [5.41, 5.74) is 3.73. The molecule has 0 aromatic heterocycles. The predicted molar refractivity (Wildman–Crippen MR) is 227 cm³/mol. The molecule has 0 saturated carbocycles. The predicted octanol–water partition coefficient (Wildman–Crippen LogP) is 5.47. The average Bonchev–Trinajstić information content (AvgIpc) is 3.53. The fourth-order valence-electron chi connectivity index (χ4n) is 7.33. The number of allylic oxidation sites excluding steroid dienone is 8. The van der Waals surface area contributed by atoms with Crippen molar-refractivity contribution in [2.45, 2.75) is 87.8 Å². The van der Waals surface area contributed by atoms with E-state index >= 15 is 0 Å². The third-order valence-corrected chi connectivity index (χ3v) is 14.5. The van der Waals surface area contributed by atoms with Crippen LogP contribution >= 0.6 is 24.1 Å². The van der Waals surface area contributed by atoms with E-state index in [1.165, 1.54) is 23.5 Å². The lowest BCUT2D eigenvalue weighted by Crippen LogP contribution is -2.30. The molecule has 2 heterocycles. The maximum atomic E-state index is 13.7. The molecule has 0 bridgehead atoms. The van der Waals surface area contributed by atoms with Crippen LogP contribution in [0.2, 0.25) is 0 Å². The second-order valence-electron chi connectivity index (χ2n) is 15.6. The number of carbonyl (C=O) groups is 1. The molecule has 330 valence electrons. The summed E-state index contributed by atoms with van der Waals surface area (Å²) in [6.45, 7) is 12.9. The van der Waals surface area contributed by atoms with Crippen LogP contribution in [0, 0.1) is 5.92 Å². The molecule has 2 aromatic rings. The van der Waals surface area contributed by atoms with Crippen molar-refractivity contribution in [2.24, 2.45) is 5.92 Å². The molecule has 60 heavy (non-hydrogen) atoms. The van der Waals surface area contributed by atoms with Crippen LogP contribution in [-0.2, 0) is 54.5 Å². The van der Waals surface area contributed by atoms with Gasteiger partial charge in [0, 0.05) is 109 Å². The average molecular weight is 908 g/mol. The van der Waals surface area contributed by atoms with Gasteiger partial charge in [0.2, 0.25) is 15.7 Å². The van der Waals surface area contributed by atoms with Gasteiger partial charge >= 0.3 is 0 Å². The molecule has 15 nitrogen and oxygen atoms in total. The van der Waals surface area contributed by atoms with Crippen LogP contribution < -0.4 is 15.4 Å². The van der Waals surface area contributed by atoms with Crippen molar-refractivity contribution in [3.05, 3.63) is 95.8 Å². The first-order chi connectivity index (χ1) is 28.3. The zero-order valence-corrected chi connectivity index (χ0v) is 38.1. The Balaban J connectivity index is 1.58. The number of Topliss-reactive ketones (excluding diaryl/α,β-unsaturated/α-hetero) is 1. The summed E-state index contributed by atoms with van der Waals surface area (Å²) in [6, 6.07) is 9.52. The number of sulfonamides is 1. The van der Waals surface area contributed by atoms with Crippen molar-refractivity contribution in [1.29, 1.82) is 0 Å². The van der Waals surface area contributed by atoms with E-state index in [4.69, 9.17) is 0 Å². The SMILES string of the molecule is CC(C)C(=O)CCCN(C)S(=O)(=O)c1ccc2c(c1)C(C)(C)C(/C=C/C=C/C=C/C=C1/N(CCCSOO[O-])c3ccc(S(=O)(=O)[O-])cc3C1(C)C)=[N+]2CCCSOO[O-]. The van der Waals surface area contributed by atoms with Crippen LogP contribution in [0.15, 0.2) is 94.4 Å². The lowest BCUT2D eigenvalue weighted by molar-refractivity contribution is -0.777. The van der Waals surface area contributed by atoms with E-state index in [-0.39, 0.29) is 28.0 Å². The normalized spacial score (nSPS) is 17.1. The van der Waals surface area contributed by atoms with Gasteiger partial charge in [0.05, 0.1) is 15.2 Å². The van der Waals surface area contributed by atoms with Gasteiger partial charge in [-0.05, 0) is 68.7 Å². The number of carbonyl (C=O) groups excluding carboxylic acids is 1. The quantitative estimate of drug-likeness (QED) is 0.0244. The summed E-state index contributed by atoms with van der Waals surface area (Å²) < 4.78 is 75.2. The maximum Gasteiger partial charge on any atom is 0.242 e. The Morgan fingerprint density at radius 3 is 2.12 bits per heavy atom. The molecular weight excluding hydrogens is 855 g/mol. The summed E-state index contributed by atoms with van der Waals surface area (Å²) in [6.07, 6.45) is 15.2. The standard InChI is InChI=1S/C41H55N3O12S4/c1-30(2)37(45)16-13-23-42(7)59(48,49)31-19-21-35-33(28-31)40(3,4)38(43(35)24-14-26-57-55-53-46)17-11-9-8-10-12-18-39-41(5,6)34-29-32(60(50,51)52)20-22-36(34)44(39)25-15-27-58-56-54-47/h8-12,17-22,28-30H,13-16,23-27H2,1-7H3,(H2-,46,47,50,51,52)/p-2. The largest absolute Gasteiger partial charge is 0.744 e. The zero-order valence-electron chi connectivity index (χ0n) is 34.8. The molecule has 0 spiro atoms. The van der Waals surface area contributed by atoms with Gasteiger partial charge in [-0.1, -0.05) is 58.1 Å². The van der Waals surface area contributed by atoms with E-state index in [9.17, 15) is 36.7 Å². The van der Waals surface area contributed by atoms with Gasteiger partial charge in [0.15, 0.2) is 5.71 Å². The first-order valence-corrected chi connectivity index (χ1v) is 24.0. The second kappa shape index (κ2) is 21.8. The Morgan fingerprint density at radius 1 is 0.850 bits per heavy atom. The van der Waals surface area contributed by atoms with Crippen molar-refractivity contribution in [3.63, 3.8) is 0 Å². The van der Waals surface area contributed by atoms with Crippen LogP contribution in [-0.4, -0.2) is 80.0 Å². The molecule has 0 aliphatic carbocycles. The number of fused-ring (bicyclic) bond motifs is 2. The number of anilines is 1. The van der Waals surface area contributed by atoms with Crippen LogP contribution in [0.4, 0.5) is 11.4 Å². The van der Waals surface area contributed by atoms with Crippen LogP contribution in [0.1, 0.15) is 78.4 Å². The van der Waals surface area contributed by atoms with Gasteiger partial charge in [-0.25, -0.2) is 21.1 Å². The maximum absolute atomic E-state index is 13.7. The van der Waals surface area contributed by atoms with Crippen molar-refractivity contribution >= 4 is 67.1 Å². The Hall–Kier alpha value is -3.18. The zero-order chi connectivity index (χ0) is 44.3. The molecule has 0 fully saturated rings. The highest BCUT2D eigenvalue weighted by Gasteiger charge is 2.45. The van der Waals surface area contributed by atoms with Crippen LogP contribution in [0.25, 0.3) is 0 Å². The van der Waals surface area contributed by atoms with E-state index in [1.54, 1.807) is 18.2 Å². The molecule has 2 aliphatic rings. The van der Waals surface area contributed by atoms with Gasteiger partial charge in [0.25, 0.3) is 0 Å². The number of benzene rings is 2. The van der Waals surface area contributed by atoms with E-state index in [0.29, 0.717) is 55.8 Å². The molecule has 0 saturated heterocycles. The molecule has 0 amide bonds. The number of nitrogens with zero attached hydrogens (tertiary/aromatic N) is 3. The minimum absolute atomic E-state index is 0.0966. The van der Waals surface area contributed by atoms with Crippen molar-refractivity contribution < 1.29 is 60.0 Å². The second-order valence-corrected chi connectivity index (χ2v) is 20.6. The van der Waals surface area contributed by atoms with Gasteiger partial charge in [0.1, 0.15) is 22.4 Å². The topological polar surface area (TPSA) is 201 Å². The molecule has 0 unspecified atom stereocenters. The Labute approximate surface area is 362 Å². The van der Waals surface area contributed by atoms with Crippen molar-refractivity contribution in [1.82, 2.24) is 4.31 Å². The molecule has 0 atom stereocenters. The summed E-state index contributed by atoms with van der Waals surface area (Å²) in [4.78, 5) is 14.0. The highest BCUT2D eigenvalue weighted by molar-refractivity contribution is 7.94. The van der Waals surface area contributed by atoms with Crippen LogP contribution in [0.3, 0.4) is 0 Å². The first-order valence-electron chi connectivity index (χ1n) is 19.3. The van der Waals surface area contributed by atoms with Gasteiger partial charge in [-0.3, -0.25) is 14.9 Å². The first kappa shape index (κ1) is 49.5. The lowest BCUT2D eigenvalue weighted by atomic mass is 9.81. The molecule has 19 heteroatoms. The minimum atomic E-state index is -4.67. The summed E-state index contributed by atoms with van der Waals surface area (Å²) >= 11 is 1.78. The Kier molecular flexibility index (Phi) is 17.9. The molecule has 4 rings (SSSR count). The number of rotatable bonds is 24. The van der Waals surface area contributed by atoms with Crippen molar-refractivity contribution in [2.75, 3.05) is 43.1 Å². The van der Waals surface area contributed by atoms with E-state index < -0.39 is 31.0 Å². The molecule has 2 aliphatic heterocycles. The van der Waals surface area contributed by atoms with Gasteiger partial charge < -0.3 is 20.0 Å². The number of hydrogen-bond acceptors (Lipinski definition) is 15. The fraction of sp³-hybridized carbons (Fsp3) is 0.463. The molecule has 0 radical (unpaired) electrons. The smallest absolute Gasteiger partial charge is 0.242 e. The third-order valence-electron chi connectivity index (χ3n) is 10.6. The summed E-state index contributed by atoms with van der Waals surface area (Å²) in [5.74, 6) is 0.931. The lowest BCUT2D eigenvalue weighted by Gasteiger charge is -2.27. The third kappa shape index (κ3) is 12.0. The summed E-state index contributed by atoms with van der Waals surface area (Å²) in [7, 11) is -6.98. The molecule has 0 N–H and O–H groups in total. The molecular formula is C41H53N3O12S4-2. The van der Waals surface area contributed by atoms with E-state index in [2.05, 4.69) is 28.2 Å². The van der Waals surface area contributed by atoms with E-state index in [1.807, 2.05) is 90.1 Å². The Bertz CT molecular complexity index is 2220. The van der Waals surface area contributed by atoms with Gasteiger partial charge in [-0.2, -0.15) is 13.2 Å². The van der Waals surface area contributed by atoms with Crippen LogP contribution in [0.5, 0.6) is 0 Å².